The van der Waals surface area contributed by atoms with Crippen LogP contribution in [0.1, 0.15) is 71.1 Å². The molecular formula is C26H29FN+. The van der Waals surface area contributed by atoms with Gasteiger partial charge in [-0.3, -0.25) is 0 Å². The van der Waals surface area contributed by atoms with Crippen LogP contribution in [0.2, 0.25) is 0 Å². The van der Waals surface area contributed by atoms with Gasteiger partial charge in [0.1, 0.15) is 5.82 Å². The SMILES string of the molecule is CCC1(C)c2ccc(F)c3c2-c2c4c(cccc4cc[n+]2C1(C)CC)C3(C)C. The van der Waals surface area contributed by atoms with Crippen molar-refractivity contribution in [2.45, 2.75) is 70.8 Å². The zero-order valence-corrected chi connectivity index (χ0v) is 17.8. The molecule has 2 aromatic carbocycles. The first-order valence-corrected chi connectivity index (χ1v) is 10.5. The number of benzene rings is 2. The maximum atomic E-state index is 15.4. The van der Waals surface area contributed by atoms with Crippen LogP contribution in [0.4, 0.5) is 4.39 Å². The van der Waals surface area contributed by atoms with E-state index in [2.05, 4.69) is 82.6 Å². The van der Waals surface area contributed by atoms with Gasteiger partial charge in [0.2, 0.25) is 5.69 Å². The largest absolute Gasteiger partial charge is 0.221 e. The maximum absolute atomic E-state index is 15.4. The fraction of sp³-hybridized carbons (Fsp3) is 0.423. The van der Waals surface area contributed by atoms with Crippen molar-refractivity contribution < 1.29 is 8.96 Å². The molecule has 2 aliphatic rings. The van der Waals surface area contributed by atoms with Gasteiger partial charge in [0.25, 0.3) is 0 Å². The summed E-state index contributed by atoms with van der Waals surface area (Å²) in [7, 11) is 0. The predicted octanol–water partition coefficient (Wildman–Crippen LogP) is 6.38. The van der Waals surface area contributed by atoms with Crippen LogP contribution in [0.5, 0.6) is 0 Å². The minimum absolute atomic E-state index is 0.0623. The molecule has 2 atom stereocenters. The average molecular weight is 375 g/mol. The molecule has 2 heterocycles. The first kappa shape index (κ1) is 17.8. The zero-order chi connectivity index (χ0) is 20.1. The number of nitrogens with zero attached hydrogens (tertiary/aromatic N) is 1. The van der Waals surface area contributed by atoms with E-state index in [0.29, 0.717) is 0 Å². The van der Waals surface area contributed by atoms with Crippen molar-refractivity contribution in [2.24, 2.45) is 0 Å². The summed E-state index contributed by atoms with van der Waals surface area (Å²) in [6.07, 6.45) is 4.29. The van der Waals surface area contributed by atoms with Gasteiger partial charge in [-0.05, 0) is 35.9 Å². The summed E-state index contributed by atoms with van der Waals surface area (Å²) < 4.78 is 17.9. The van der Waals surface area contributed by atoms with Gasteiger partial charge in [-0.2, -0.15) is 4.57 Å². The van der Waals surface area contributed by atoms with Crippen molar-refractivity contribution in [3.05, 3.63) is 65.1 Å². The molecule has 0 radical (unpaired) electrons. The lowest BCUT2D eigenvalue weighted by atomic mass is 9.57. The fourth-order valence-electron chi connectivity index (χ4n) is 6.22. The third-order valence-electron chi connectivity index (χ3n) is 8.38. The van der Waals surface area contributed by atoms with Crippen molar-refractivity contribution in [3.63, 3.8) is 0 Å². The normalized spacial score (nSPS) is 26.5. The molecule has 0 saturated heterocycles. The van der Waals surface area contributed by atoms with Crippen molar-refractivity contribution in [1.82, 2.24) is 0 Å². The second-order valence-electron chi connectivity index (χ2n) is 9.59. The summed E-state index contributed by atoms with van der Waals surface area (Å²) in [6.45, 7) is 13.7. The first-order chi connectivity index (χ1) is 13.2. The third kappa shape index (κ3) is 1.72. The summed E-state index contributed by atoms with van der Waals surface area (Å²) in [6, 6.07) is 12.5. The van der Waals surface area contributed by atoms with Crippen molar-refractivity contribution in [1.29, 1.82) is 0 Å². The molecule has 0 spiro atoms. The van der Waals surface area contributed by atoms with E-state index in [1.165, 1.54) is 27.6 Å². The lowest BCUT2D eigenvalue weighted by Crippen LogP contribution is -2.68. The summed E-state index contributed by atoms with van der Waals surface area (Å²) >= 11 is 0. The van der Waals surface area contributed by atoms with E-state index >= 15 is 4.39 Å². The molecule has 28 heavy (non-hydrogen) atoms. The Morgan fingerprint density at radius 3 is 2.32 bits per heavy atom. The van der Waals surface area contributed by atoms with Gasteiger partial charge in [0.05, 0.1) is 16.4 Å². The van der Waals surface area contributed by atoms with E-state index in [1.54, 1.807) is 6.07 Å². The average Bonchev–Trinajstić information content (AvgIpc) is 2.69. The molecule has 0 amide bonds. The Kier molecular flexibility index (Phi) is 3.33. The van der Waals surface area contributed by atoms with E-state index in [4.69, 9.17) is 0 Å². The molecule has 1 aliphatic heterocycles. The Morgan fingerprint density at radius 1 is 0.893 bits per heavy atom. The van der Waals surface area contributed by atoms with E-state index in [0.717, 1.165) is 24.0 Å². The molecule has 1 nitrogen and oxygen atoms in total. The van der Waals surface area contributed by atoms with E-state index in [9.17, 15) is 0 Å². The highest BCUT2D eigenvalue weighted by molar-refractivity contribution is 6.01. The van der Waals surface area contributed by atoms with E-state index < -0.39 is 0 Å². The summed E-state index contributed by atoms with van der Waals surface area (Å²) in [5, 5.41) is 2.54. The molecular weight excluding hydrogens is 345 g/mol. The molecule has 1 aliphatic carbocycles. The van der Waals surface area contributed by atoms with Crippen molar-refractivity contribution in [2.75, 3.05) is 0 Å². The smallest absolute Gasteiger partial charge is 0.207 e. The standard InChI is InChI=1S/C26H29FN/c1-7-25(5)18-12-13-19(27)22-21(18)23-20-16(10-9-11-17(20)24(22,3)4)14-15-28(23)26(25,6)8-2/h9-15H,7-8H2,1-6H3/q+1. The molecule has 2 heteroatoms. The Hall–Kier alpha value is -2.22. The second kappa shape index (κ2) is 5.23. The zero-order valence-electron chi connectivity index (χ0n) is 17.8. The van der Waals surface area contributed by atoms with Crippen LogP contribution in [0, 0.1) is 5.82 Å². The molecule has 144 valence electrons. The van der Waals surface area contributed by atoms with Gasteiger partial charge in [-0.15, -0.1) is 0 Å². The number of halogens is 1. The molecule has 0 fully saturated rings. The molecule has 0 saturated carbocycles. The summed E-state index contributed by atoms with van der Waals surface area (Å²) in [5.41, 5.74) is 5.27. The Balaban J connectivity index is 2.12. The highest BCUT2D eigenvalue weighted by Crippen LogP contribution is 2.57. The topological polar surface area (TPSA) is 3.88 Å². The summed E-state index contributed by atoms with van der Waals surface area (Å²) in [5.74, 6) is -0.0830. The molecule has 3 aromatic rings. The van der Waals surface area contributed by atoms with Crippen molar-refractivity contribution >= 4 is 10.8 Å². The lowest BCUT2D eigenvalue weighted by molar-refractivity contribution is -0.764. The molecule has 0 N–H and O–H groups in total. The number of rotatable bonds is 2. The lowest BCUT2D eigenvalue weighted by Gasteiger charge is -2.49. The van der Waals surface area contributed by atoms with Gasteiger partial charge in [0.15, 0.2) is 11.7 Å². The quantitative estimate of drug-likeness (QED) is 0.458. The van der Waals surface area contributed by atoms with Crippen LogP contribution in [0.15, 0.2) is 42.6 Å². The van der Waals surface area contributed by atoms with Crippen LogP contribution in [-0.4, -0.2) is 0 Å². The predicted molar refractivity (Wildman–Crippen MR) is 113 cm³/mol. The van der Waals surface area contributed by atoms with Gasteiger partial charge in [-0.25, -0.2) is 4.39 Å². The third-order valence-corrected chi connectivity index (χ3v) is 8.38. The number of aromatic nitrogens is 1. The van der Waals surface area contributed by atoms with Crippen LogP contribution in [-0.2, 0) is 16.4 Å². The monoisotopic (exact) mass is 374 g/mol. The summed E-state index contributed by atoms with van der Waals surface area (Å²) in [4.78, 5) is 0. The number of hydrogen-bond acceptors (Lipinski definition) is 0. The number of hydrogen-bond donors (Lipinski definition) is 0. The molecule has 5 rings (SSSR count). The highest BCUT2D eigenvalue weighted by atomic mass is 19.1. The van der Waals surface area contributed by atoms with Gasteiger partial charge in [-0.1, -0.05) is 52.0 Å². The van der Waals surface area contributed by atoms with Gasteiger partial charge < -0.3 is 0 Å². The Labute approximate surface area is 167 Å². The minimum atomic E-state index is -0.365. The first-order valence-electron chi connectivity index (χ1n) is 10.5. The molecule has 2 unspecified atom stereocenters. The Morgan fingerprint density at radius 2 is 1.64 bits per heavy atom. The van der Waals surface area contributed by atoms with Crippen LogP contribution in [0.3, 0.4) is 0 Å². The van der Waals surface area contributed by atoms with E-state index in [1.807, 2.05) is 0 Å². The Bertz CT molecular complexity index is 1160. The molecule has 1 aromatic heterocycles. The van der Waals surface area contributed by atoms with Crippen molar-refractivity contribution in [3.8, 4) is 11.3 Å². The molecule has 0 bridgehead atoms. The fourth-order valence-corrected chi connectivity index (χ4v) is 6.22. The van der Waals surface area contributed by atoms with Crippen LogP contribution >= 0.6 is 0 Å². The number of pyridine rings is 1. The maximum Gasteiger partial charge on any atom is 0.221 e. The van der Waals surface area contributed by atoms with Crippen LogP contribution in [0.25, 0.3) is 22.0 Å². The highest BCUT2D eigenvalue weighted by Gasteiger charge is 2.59. The second-order valence-corrected chi connectivity index (χ2v) is 9.59. The van der Waals surface area contributed by atoms with Gasteiger partial charge >= 0.3 is 0 Å². The minimum Gasteiger partial charge on any atom is -0.207 e. The van der Waals surface area contributed by atoms with Crippen LogP contribution < -0.4 is 4.57 Å². The van der Waals surface area contributed by atoms with E-state index in [-0.39, 0.29) is 22.2 Å². The van der Waals surface area contributed by atoms with Gasteiger partial charge in [0, 0.05) is 30.4 Å².